The van der Waals surface area contributed by atoms with Crippen molar-refractivity contribution in [2.24, 2.45) is 11.3 Å². The molecule has 5 aromatic rings. The number of ether oxygens (including phenoxy) is 2. The van der Waals surface area contributed by atoms with Gasteiger partial charge >= 0.3 is 0 Å². The molecule has 5 heterocycles. The molecule has 1 aromatic heterocycles. The van der Waals surface area contributed by atoms with E-state index in [4.69, 9.17) is 9.47 Å². The lowest BCUT2D eigenvalue weighted by molar-refractivity contribution is -0.136. The Hall–Kier alpha value is -7.73. The maximum Gasteiger partial charge on any atom is 0.264 e. The van der Waals surface area contributed by atoms with Crippen LogP contribution in [0, 0.1) is 17.2 Å². The lowest BCUT2D eigenvalue weighted by Crippen LogP contribution is -2.58. The summed E-state index contributed by atoms with van der Waals surface area (Å²) in [6.07, 6.45) is 4.24. The highest BCUT2D eigenvalue weighted by molar-refractivity contribution is 6.26. The van der Waals surface area contributed by atoms with E-state index in [1.165, 1.54) is 30.3 Å². The number of hydrogen-bond acceptors (Lipinski definition) is 12. The van der Waals surface area contributed by atoms with Crippen LogP contribution in [0.3, 0.4) is 0 Å². The molecule has 0 bridgehead atoms. The average Bonchev–Trinajstić information content (AvgIpc) is 4.09. The summed E-state index contributed by atoms with van der Waals surface area (Å²) in [6.45, 7) is 2.58. The first-order chi connectivity index (χ1) is 32.4. The minimum absolute atomic E-state index is 0.0122. The van der Waals surface area contributed by atoms with Gasteiger partial charge in [-0.3, -0.25) is 53.7 Å². The summed E-state index contributed by atoms with van der Waals surface area (Å²) < 4.78 is 25.5. The molecule has 1 saturated carbocycles. The molecule has 3 saturated heterocycles. The number of fused-ring (bicyclic) bond motifs is 2. The average molecular weight is 909 g/mol. The largest absolute Gasteiger partial charge is 0.495 e. The first-order valence-electron chi connectivity index (χ1n) is 22.2. The quantitative estimate of drug-likeness (QED) is 0.0908. The number of aromatic nitrogens is 1. The Kier molecular flexibility index (Phi) is 11.1. The molecule has 5 aliphatic rings. The van der Waals surface area contributed by atoms with Crippen molar-refractivity contribution in [2.75, 3.05) is 54.1 Å². The number of piperidine rings is 2. The van der Waals surface area contributed by atoms with E-state index in [9.17, 15) is 38.0 Å². The van der Waals surface area contributed by atoms with Crippen molar-refractivity contribution in [1.29, 1.82) is 0 Å². The van der Waals surface area contributed by atoms with E-state index in [1.807, 2.05) is 12.1 Å². The number of nitrogens with one attached hydrogen (secondary N) is 4. The third kappa shape index (κ3) is 8.17. The van der Waals surface area contributed by atoms with Crippen LogP contribution in [0.5, 0.6) is 17.2 Å². The summed E-state index contributed by atoms with van der Waals surface area (Å²) in [5, 5.41) is 11.4. The van der Waals surface area contributed by atoms with Crippen LogP contribution in [0.15, 0.2) is 91.1 Å². The molecule has 4 aromatic carbocycles. The molecular formula is C49H45FN8O9. The van der Waals surface area contributed by atoms with E-state index in [0.29, 0.717) is 60.1 Å². The predicted molar refractivity (Wildman–Crippen MR) is 242 cm³/mol. The molecule has 1 unspecified atom stereocenters. The molecule has 1 aliphatic carbocycles. The Morgan fingerprint density at radius 2 is 1.49 bits per heavy atom. The summed E-state index contributed by atoms with van der Waals surface area (Å²) in [5.41, 5.74) is 1.70. The number of nitrogens with zero attached hydrogens (tertiary/aromatic N) is 4. The van der Waals surface area contributed by atoms with E-state index in [-0.39, 0.29) is 47.5 Å². The lowest BCUT2D eigenvalue weighted by Gasteiger charge is -2.47. The molecule has 18 heteroatoms. The molecular weight excluding hydrogens is 864 g/mol. The second kappa shape index (κ2) is 17.2. The number of methoxy groups -OCH3 is 1. The number of amides is 7. The van der Waals surface area contributed by atoms with Gasteiger partial charge in [0.1, 0.15) is 34.5 Å². The Bertz CT molecular complexity index is 2870. The van der Waals surface area contributed by atoms with Crippen LogP contribution in [-0.4, -0.2) is 102 Å². The first-order valence-corrected chi connectivity index (χ1v) is 22.2. The number of likely N-dealkylation sites (tertiary alicyclic amines) is 1. The summed E-state index contributed by atoms with van der Waals surface area (Å²) in [6, 6.07) is 21.7. The van der Waals surface area contributed by atoms with Gasteiger partial charge in [0.25, 0.3) is 11.8 Å². The SMILES string of the molecule is COc1cc2c(Oc3ccc(NC(=O)C4(C(=O)Nc5ccc(F)cc5)CC4)cc3)ccnc2cc1N1CCC(N2CC(C(=O)Nc3cccc4c3C(=O)N(C3CCC(=O)NC3=O)C4=O)C2)CC1. The number of anilines is 4. The van der Waals surface area contributed by atoms with Gasteiger partial charge in [-0.2, -0.15) is 0 Å². The minimum Gasteiger partial charge on any atom is -0.495 e. The fourth-order valence-corrected chi connectivity index (χ4v) is 9.39. The fraction of sp³-hybridized carbons (Fsp3) is 0.306. The summed E-state index contributed by atoms with van der Waals surface area (Å²) >= 11 is 0. The van der Waals surface area contributed by atoms with Crippen molar-refractivity contribution < 1.29 is 47.4 Å². The zero-order valence-corrected chi connectivity index (χ0v) is 36.3. The van der Waals surface area contributed by atoms with E-state index in [0.717, 1.165) is 41.9 Å². The molecule has 7 amide bonds. The summed E-state index contributed by atoms with van der Waals surface area (Å²) in [5.74, 6) is -2.57. The molecule has 4 N–H and O–H groups in total. The highest BCUT2D eigenvalue weighted by Gasteiger charge is 2.56. The number of halogens is 1. The van der Waals surface area contributed by atoms with Gasteiger partial charge in [-0.25, -0.2) is 4.39 Å². The van der Waals surface area contributed by atoms with E-state index in [2.05, 4.69) is 36.1 Å². The Balaban J connectivity index is 0.728. The van der Waals surface area contributed by atoms with Crippen LogP contribution in [0.2, 0.25) is 0 Å². The van der Waals surface area contributed by atoms with Gasteiger partial charge in [-0.1, -0.05) is 6.07 Å². The van der Waals surface area contributed by atoms with Crippen molar-refractivity contribution in [3.8, 4) is 17.2 Å². The van der Waals surface area contributed by atoms with Gasteiger partial charge in [-0.15, -0.1) is 0 Å². The van der Waals surface area contributed by atoms with E-state index < -0.39 is 52.7 Å². The number of carbonyl (C=O) groups excluding carboxylic acids is 7. The Labute approximate surface area is 383 Å². The molecule has 0 spiro atoms. The standard InChI is InChI=1S/C49H45FN8O9/c1-66-40-23-34-36(51-20-15-39(34)67-32-11-9-30(10-12-32)53-48(65)49(18-19-49)47(64)52-29-7-5-28(50)6-8-29)24-38(40)56-21-16-31(17-22-56)57-25-27(26-57)43(60)54-35-4-2-3-33-42(35)46(63)58(45(33)62)37-13-14-41(59)55-44(37)61/h2-12,15,20,23-24,27,31,37H,13-14,16-19,21-22,25-26H2,1H3,(H,52,64)(H,53,65)(H,54,60)(H,55,59,61). The zero-order valence-electron chi connectivity index (χ0n) is 36.3. The van der Waals surface area contributed by atoms with Crippen molar-refractivity contribution in [3.05, 3.63) is 108 Å². The highest BCUT2D eigenvalue weighted by Crippen LogP contribution is 2.48. The molecule has 4 fully saturated rings. The Morgan fingerprint density at radius 1 is 0.806 bits per heavy atom. The molecule has 1 atom stereocenters. The summed E-state index contributed by atoms with van der Waals surface area (Å²) in [7, 11) is 1.62. The van der Waals surface area contributed by atoms with Gasteiger partial charge in [-0.05, 0) is 111 Å². The highest BCUT2D eigenvalue weighted by atomic mass is 19.1. The molecule has 17 nitrogen and oxygen atoms in total. The monoisotopic (exact) mass is 908 g/mol. The van der Waals surface area contributed by atoms with Crippen LogP contribution in [0.25, 0.3) is 10.9 Å². The molecule has 342 valence electrons. The van der Waals surface area contributed by atoms with Crippen LogP contribution in [0.1, 0.15) is 59.2 Å². The van der Waals surface area contributed by atoms with Crippen molar-refractivity contribution in [1.82, 2.24) is 20.1 Å². The molecule has 67 heavy (non-hydrogen) atoms. The number of rotatable bonds is 12. The predicted octanol–water partition coefficient (Wildman–Crippen LogP) is 5.47. The van der Waals surface area contributed by atoms with Gasteiger partial charge in [0.2, 0.25) is 29.5 Å². The van der Waals surface area contributed by atoms with Crippen LogP contribution in [-0.2, 0) is 24.0 Å². The summed E-state index contributed by atoms with van der Waals surface area (Å²) in [4.78, 5) is 101. The van der Waals surface area contributed by atoms with Crippen molar-refractivity contribution in [3.63, 3.8) is 0 Å². The maximum absolute atomic E-state index is 13.5. The molecule has 10 rings (SSSR count). The number of carbonyl (C=O) groups is 7. The van der Waals surface area contributed by atoms with Crippen LogP contribution >= 0.6 is 0 Å². The number of imide groups is 2. The third-order valence-corrected chi connectivity index (χ3v) is 13.4. The molecule has 0 radical (unpaired) electrons. The Morgan fingerprint density at radius 3 is 2.15 bits per heavy atom. The van der Waals surface area contributed by atoms with Crippen molar-refractivity contribution >= 4 is 75.0 Å². The van der Waals surface area contributed by atoms with Crippen molar-refractivity contribution in [2.45, 2.75) is 50.6 Å². The van der Waals surface area contributed by atoms with Gasteiger partial charge in [0, 0.05) is 61.6 Å². The van der Waals surface area contributed by atoms with Crippen LogP contribution in [0.4, 0.5) is 27.1 Å². The van der Waals surface area contributed by atoms with Gasteiger partial charge in [0.05, 0.1) is 41.0 Å². The molecule has 4 aliphatic heterocycles. The number of benzene rings is 4. The van der Waals surface area contributed by atoms with Gasteiger partial charge in [0.15, 0.2) is 0 Å². The minimum atomic E-state index is -1.19. The fourth-order valence-electron chi connectivity index (χ4n) is 9.39. The third-order valence-electron chi connectivity index (χ3n) is 13.4. The smallest absolute Gasteiger partial charge is 0.264 e. The number of hydrogen-bond donors (Lipinski definition) is 4. The maximum atomic E-state index is 13.5. The topological polar surface area (TPSA) is 209 Å². The lowest BCUT2D eigenvalue weighted by atomic mass is 9.92. The van der Waals surface area contributed by atoms with E-state index >= 15 is 0 Å². The van der Waals surface area contributed by atoms with E-state index in [1.54, 1.807) is 55.8 Å². The second-order valence-corrected chi connectivity index (χ2v) is 17.5. The first kappa shape index (κ1) is 43.2. The number of pyridine rings is 1. The van der Waals surface area contributed by atoms with Gasteiger partial charge < -0.3 is 30.3 Å². The normalized spacial score (nSPS) is 19.3. The van der Waals surface area contributed by atoms with Crippen LogP contribution < -0.4 is 35.6 Å². The second-order valence-electron chi connectivity index (χ2n) is 17.5. The zero-order chi connectivity index (χ0) is 46.6.